The minimum Gasteiger partial charge on any atom is -0.497 e. The van der Waals surface area contributed by atoms with Crippen LogP contribution in [0.4, 0.5) is 0 Å². The summed E-state index contributed by atoms with van der Waals surface area (Å²) in [6.45, 7) is 1.59. The quantitative estimate of drug-likeness (QED) is 0.750. The Kier molecular flexibility index (Phi) is 5.99. The molecule has 2 unspecified atom stereocenters. The van der Waals surface area contributed by atoms with E-state index >= 15 is 0 Å². The third-order valence-electron chi connectivity index (χ3n) is 3.99. The van der Waals surface area contributed by atoms with E-state index in [9.17, 15) is 0 Å². The van der Waals surface area contributed by atoms with Crippen molar-refractivity contribution in [2.45, 2.75) is 37.1 Å². The molecule has 0 saturated heterocycles. The Morgan fingerprint density at radius 1 is 1.15 bits per heavy atom. The summed E-state index contributed by atoms with van der Waals surface area (Å²) in [7, 11) is 3.81. The molecule has 4 heteroatoms. The fourth-order valence-electron chi connectivity index (χ4n) is 2.71. The van der Waals surface area contributed by atoms with Crippen molar-refractivity contribution in [2.24, 2.45) is 0 Å². The smallest absolute Gasteiger partial charge is 0.119 e. The Balaban J connectivity index is 1.74. The van der Waals surface area contributed by atoms with Gasteiger partial charge >= 0.3 is 0 Å². The predicted molar refractivity (Wildman–Crippen MR) is 83.0 cm³/mol. The highest BCUT2D eigenvalue weighted by atomic mass is 35.5. The zero-order valence-corrected chi connectivity index (χ0v) is 13.1. The maximum atomic E-state index is 6.41. The molecule has 2 rings (SSSR count). The van der Waals surface area contributed by atoms with Gasteiger partial charge in [0, 0.05) is 18.0 Å². The minimum absolute atomic E-state index is 0.287. The van der Waals surface area contributed by atoms with Crippen LogP contribution in [0.25, 0.3) is 0 Å². The van der Waals surface area contributed by atoms with Crippen molar-refractivity contribution in [3.8, 4) is 11.5 Å². The maximum Gasteiger partial charge on any atom is 0.119 e. The van der Waals surface area contributed by atoms with Crippen LogP contribution in [0.1, 0.15) is 25.7 Å². The van der Waals surface area contributed by atoms with E-state index in [4.69, 9.17) is 21.1 Å². The van der Waals surface area contributed by atoms with Gasteiger partial charge in [-0.3, -0.25) is 4.90 Å². The van der Waals surface area contributed by atoms with E-state index in [0.29, 0.717) is 12.6 Å². The SMILES string of the molecule is COc1ccc(OCCN(C)C2CCCCC2Cl)cc1. The van der Waals surface area contributed by atoms with Gasteiger partial charge in [0.15, 0.2) is 0 Å². The first kappa shape index (κ1) is 15.5. The van der Waals surface area contributed by atoms with E-state index in [0.717, 1.165) is 24.5 Å². The first-order valence-corrected chi connectivity index (χ1v) is 7.75. The molecule has 1 aliphatic rings. The number of likely N-dealkylation sites (N-methyl/N-ethyl adjacent to an activating group) is 1. The molecule has 0 heterocycles. The molecular formula is C16H24ClNO2. The van der Waals surface area contributed by atoms with Crippen molar-refractivity contribution < 1.29 is 9.47 Å². The van der Waals surface area contributed by atoms with E-state index in [1.54, 1.807) is 7.11 Å². The number of hydrogen-bond acceptors (Lipinski definition) is 3. The Morgan fingerprint density at radius 3 is 2.45 bits per heavy atom. The van der Waals surface area contributed by atoms with Gasteiger partial charge in [-0.05, 0) is 44.2 Å². The zero-order valence-electron chi connectivity index (χ0n) is 12.3. The molecule has 1 aromatic carbocycles. The van der Waals surface area contributed by atoms with Gasteiger partial charge in [0.25, 0.3) is 0 Å². The van der Waals surface area contributed by atoms with Crippen molar-refractivity contribution in [1.82, 2.24) is 4.90 Å². The molecule has 1 fully saturated rings. The molecule has 0 bridgehead atoms. The van der Waals surface area contributed by atoms with Gasteiger partial charge in [0.05, 0.1) is 7.11 Å². The minimum atomic E-state index is 0.287. The van der Waals surface area contributed by atoms with E-state index in [1.807, 2.05) is 24.3 Å². The Labute approximate surface area is 126 Å². The summed E-state index contributed by atoms with van der Waals surface area (Å²) in [5, 5.41) is 0.287. The highest BCUT2D eigenvalue weighted by Crippen LogP contribution is 2.26. The number of hydrogen-bond donors (Lipinski definition) is 0. The van der Waals surface area contributed by atoms with Crippen LogP contribution in [-0.4, -0.2) is 43.6 Å². The van der Waals surface area contributed by atoms with Crippen molar-refractivity contribution in [3.63, 3.8) is 0 Å². The summed E-state index contributed by atoms with van der Waals surface area (Å²) in [5.74, 6) is 1.73. The normalized spacial score (nSPS) is 22.8. The first-order chi connectivity index (χ1) is 9.70. The molecule has 1 aliphatic carbocycles. The van der Waals surface area contributed by atoms with Crippen LogP contribution in [0, 0.1) is 0 Å². The van der Waals surface area contributed by atoms with Crippen LogP contribution in [0.15, 0.2) is 24.3 Å². The van der Waals surface area contributed by atoms with Gasteiger partial charge in [0.1, 0.15) is 18.1 Å². The molecule has 0 N–H and O–H groups in total. The van der Waals surface area contributed by atoms with Gasteiger partial charge in [-0.1, -0.05) is 12.8 Å². The summed E-state index contributed by atoms with van der Waals surface area (Å²) >= 11 is 6.41. The van der Waals surface area contributed by atoms with Crippen LogP contribution in [-0.2, 0) is 0 Å². The van der Waals surface area contributed by atoms with E-state index in [-0.39, 0.29) is 5.38 Å². The van der Waals surface area contributed by atoms with Gasteiger partial charge in [-0.2, -0.15) is 0 Å². The Hall–Kier alpha value is -0.930. The first-order valence-electron chi connectivity index (χ1n) is 7.32. The fourth-order valence-corrected chi connectivity index (χ4v) is 3.18. The monoisotopic (exact) mass is 297 g/mol. The number of rotatable bonds is 6. The second-order valence-electron chi connectivity index (χ2n) is 5.37. The molecule has 112 valence electrons. The molecule has 0 aromatic heterocycles. The summed E-state index contributed by atoms with van der Waals surface area (Å²) in [5.41, 5.74) is 0. The number of nitrogens with zero attached hydrogens (tertiary/aromatic N) is 1. The number of alkyl halides is 1. The van der Waals surface area contributed by atoms with Crippen LogP contribution in [0.3, 0.4) is 0 Å². The van der Waals surface area contributed by atoms with Crippen LogP contribution >= 0.6 is 11.6 Å². The van der Waals surface area contributed by atoms with Crippen molar-refractivity contribution >= 4 is 11.6 Å². The van der Waals surface area contributed by atoms with Crippen LogP contribution in [0.5, 0.6) is 11.5 Å². The third-order valence-corrected chi connectivity index (χ3v) is 4.49. The van der Waals surface area contributed by atoms with Gasteiger partial charge in [-0.25, -0.2) is 0 Å². The predicted octanol–water partition coefficient (Wildman–Crippen LogP) is 3.56. The lowest BCUT2D eigenvalue weighted by Crippen LogP contribution is -2.42. The topological polar surface area (TPSA) is 21.7 Å². The maximum absolute atomic E-state index is 6.41. The van der Waals surface area contributed by atoms with Crippen molar-refractivity contribution in [1.29, 1.82) is 0 Å². The average molecular weight is 298 g/mol. The summed E-state index contributed by atoms with van der Waals surface area (Å²) in [6, 6.07) is 8.18. The highest BCUT2D eigenvalue weighted by molar-refractivity contribution is 6.21. The third kappa shape index (κ3) is 4.29. The molecule has 0 radical (unpaired) electrons. The van der Waals surface area contributed by atoms with Crippen LogP contribution < -0.4 is 9.47 Å². The lowest BCUT2D eigenvalue weighted by molar-refractivity contribution is 0.163. The van der Waals surface area contributed by atoms with Gasteiger partial charge in [-0.15, -0.1) is 11.6 Å². The largest absolute Gasteiger partial charge is 0.497 e. The van der Waals surface area contributed by atoms with E-state index in [1.165, 1.54) is 19.3 Å². The molecule has 0 aliphatic heterocycles. The van der Waals surface area contributed by atoms with Crippen molar-refractivity contribution in [3.05, 3.63) is 24.3 Å². The summed E-state index contributed by atoms with van der Waals surface area (Å²) in [6.07, 6.45) is 4.89. The highest BCUT2D eigenvalue weighted by Gasteiger charge is 2.26. The van der Waals surface area contributed by atoms with Gasteiger partial charge in [0.2, 0.25) is 0 Å². The molecular weight excluding hydrogens is 274 g/mol. The second-order valence-corrected chi connectivity index (χ2v) is 5.93. The Morgan fingerprint density at radius 2 is 1.80 bits per heavy atom. The second kappa shape index (κ2) is 7.75. The summed E-state index contributed by atoms with van der Waals surface area (Å²) < 4.78 is 10.9. The molecule has 20 heavy (non-hydrogen) atoms. The fraction of sp³-hybridized carbons (Fsp3) is 0.625. The lowest BCUT2D eigenvalue weighted by atomic mass is 9.94. The number of methoxy groups -OCH3 is 1. The molecule has 2 atom stereocenters. The zero-order chi connectivity index (χ0) is 14.4. The molecule has 1 aromatic rings. The van der Waals surface area contributed by atoms with E-state index < -0.39 is 0 Å². The molecule has 3 nitrogen and oxygen atoms in total. The van der Waals surface area contributed by atoms with Gasteiger partial charge < -0.3 is 9.47 Å². The Bertz CT molecular complexity index is 396. The lowest BCUT2D eigenvalue weighted by Gasteiger charge is -2.34. The van der Waals surface area contributed by atoms with Crippen molar-refractivity contribution in [2.75, 3.05) is 27.3 Å². The average Bonchev–Trinajstić information content (AvgIpc) is 2.48. The number of benzene rings is 1. The number of halogens is 1. The van der Waals surface area contributed by atoms with E-state index in [2.05, 4.69) is 11.9 Å². The summed E-state index contributed by atoms with van der Waals surface area (Å²) in [4.78, 5) is 2.33. The standard InChI is InChI=1S/C16H24ClNO2/c1-18(16-6-4-3-5-15(16)17)11-12-20-14-9-7-13(19-2)8-10-14/h7-10,15-16H,3-6,11-12H2,1-2H3. The van der Waals surface area contributed by atoms with Crippen LogP contribution in [0.2, 0.25) is 0 Å². The molecule has 0 amide bonds. The molecule has 1 saturated carbocycles. The number of ether oxygens (including phenoxy) is 2. The molecule has 0 spiro atoms.